The number of ketones is 1. The van der Waals surface area contributed by atoms with Gasteiger partial charge in [-0.15, -0.1) is 0 Å². The number of amides is 4. The van der Waals surface area contributed by atoms with Crippen molar-refractivity contribution in [1.82, 2.24) is 21.3 Å². The Kier molecular flexibility index (Phi) is 13.5. The smallest absolute Gasteiger partial charge is 0.305 e. The number of rotatable bonds is 9. The van der Waals surface area contributed by atoms with E-state index in [-0.39, 0.29) is 18.8 Å². The third kappa shape index (κ3) is 10.2. The molecule has 0 aliphatic carbocycles. The maximum absolute atomic E-state index is 13.5. The Morgan fingerprint density at radius 2 is 1.57 bits per heavy atom. The molecule has 1 aromatic carbocycles. The van der Waals surface area contributed by atoms with E-state index in [1.54, 1.807) is 37.3 Å². The van der Waals surface area contributed by atoms with Gasteiger partial charge < -0.3 is 26.4 Å². The molecule has 13 heteroatoms. The Morgan fingerprint density at radius 1 is 0.950 bits per heavy atom. The molecule has 0 spiro atoms. The summed E-state index contributed by atoms with van der Waals surface area (Å²) in [4.78, 5) is 77.8. The highest BCUT2D eigenvalue weighted by molar-refractivity contribution is 8.14. The minimum Gasteiger partial charge on any atom is -0.481 e. The predicted molar refractivity (Wildman–Crippen MR) is 155 cm³/mol. The minimum absolute atomic E-state index is 0.0638. The van der Waals surface area contributed by atoms with E-state index in [2.05, 4.69) is 21.3 Å². The zero-order valence-electron chi connectivity index (χ0n) is 23.1. The maximum Gasteiger partial charge on any atom is 0.305 e. The fourth-order valence-corrected chi connectivity index (χ4v) is 5.41. The van der Waals surface area contributed by atoms with Crippen molar-refractivity contribution in [2.75, 3.05) is 12.0 Å². The van der Waals surface area contributed by atoms with E-state index in [1.807, 2.05) is 13.2 Å². The third-order valence-corrected chi connectivity index (χ3v) is 8.21. The molecule has 6 atom stereocenters. The van der Waals surface area contributed by atoms with Crippen molar-refractivity contribution in [2.24, 2.45) is 5.92 Å². The highest BCUT2D eigenvalue weighted by Crippen LogP contribution is 2.18. The molecule has 1 fully saturated rings. The number of nitrogens with one attached hydrogen (secondary N) is 4. The number of benzene rings is 1. The van der Waals surface area contributed by atoms with Crippen LogP contribution in [0.3, 0.4) is 0 Å². The lowest BCUT2D eigenvalue weighted by molar-refractivity contribution is -0.140. The molecule has 0 aromatic heterocycles. The quantitative estimate of drug-likeness (QED) is 0.286. The van der Waals surface area contributed by atoms with Crippen LogP contribution in [-0.4, -0.2) is 81.2 Å². The van der Waals surface area contributed by atoms with Gasteiger partial charge in [0.15, 0.2) is 5.78 Å². The molecule has 5 N–H and O–H groups in total. The standard InChI is InChI=1S/C27H38N4O7S2/c1-5-15(2)22-26(37)29-20(13-17-9-7-6-8-10-17)25(36)28-19(14-21(32)33)23(34)16(3)40-27(38)30-18(11-12-39-4)24(35)31-22/h6-10,15-16,18-20,22H,5,11-14H2,1-4H3,(H,28,36)(H,29,37)(H,30,38)(H,31,35)(H,32,33)/t15-,16?,18-,19-,20-,22-/m0/s1. The van der Waals surface area contributed by atoms with Crippen LogP contribution in [0.4, 0.5) is 4.79 Å². The topological polar surface area (TPSA) is 171 Å². The summed E-state index contributed by atoms with van der Waals surface area (Å²) in [7, 11) is 0. The number of carboxylic acids is 1. The highest BCUT2D eigenvalue weighted by atomic mass is 32.2. The first-order chi connectivity index (χ1) is 19.0. The molecule has 1 heterocycles. The molecule has 0 saturated carbocycles. The second-order valence-electron chi connectivity index (χ2n) is 9.71. The zero-order valence-corrected chi connectivity index (χ0v) is 24.7. The summed E-state index contributed by atoms with van der Waals surface area (Å²) in [5.74, 6) is -3.65. The van der Waals surface area contributed by atoms with E-state index in [9.17, 15) is 33.9 Å². The van der Waals surface area contributed by atoms with Crippen molar-refractivity contribution in [1.29, 1.82) is 0 Å². The van der Waals surface area contributed by atoms with Crippen LogP contribution in [0.15, 0.2) is 30.3 Å². The number of hydrogen-bond acceptors (Lipinski definition) is 8. The van der Waals surface area contributed by atoms with Gasteiger partial charge in [0.25, 0.3) is 5.24 Å². The third-order valence-electron chi connectivity index (χ3n) is 6.65. The van der Waals surface area contributed by atoms with Gasteiger partial charge in [-0.2, -0.15) is 11.8 Å². The lowest BCUT2D eigenvalue weighted by Crippen LogP contribution is -2.59. The number of hydrogen-bond donors (Lipinski definition) is 5. The number of carboxylic acid groups (broad SMARTS) is 1. The Balaban J connectivity index is 2.53. The summed E-state index contributed by atoms with van der Waals surface area (Å²) in [6.07, 6.45) is 2.05. The average molecular weight is 595 g/mol. The minimum atomic E-state index is -1.43. The molecule has 0 bridgehead atoms. The summed E-state index contributed by atoms with van der Waals surface area (Å²) in [6.45, 7) is 5.09. The van der Waals surface area contributed by atoms with Crippen LogP contribution in [0.1, 0.15) is 45.6 Å². The molecule has 1 aliphatic rings. The van der Waals surface area contributed by atoms with Crippen LogP contribution < -0.4 is 21.3 Å². The van der Waals surface area contributed by atoms with Crippen LogP contribution in [0.2, 0.25) is 0 Å². The second-order valence-corrected chi connectivity index (χ2v) is 12.0. The van der Waals surface area contributed by atoms with Crippen LogP contribution in [0, 0.1) is 5.92 Å². The Morgan fingerprint density at radius 3 is 2.17 bits per heavy atom. The summed E-state index contributed by atoms with van der Waals surface area (Å²) in [6, 6.07) is 4.33. The second kappa shape index (κ2) is 16.3. The van der Waals surface area contributed by atoms with Gasteiger partial charge >= 0.3 is 5.97 Å². The molecular formula is C27H38N4O7S2. The van der Waals surface area contributed by atoms with E-state index in [0.717, 1.165) is 5.56 Å². The molecule has 0 radical (unpaired) electrons. The molecular weight excluding hydrogens is 556 g/mol. The van der Waals surface area contributed by atoms with Crippen molar-refractivity contribution in [2.45, 2.75) is 75.9 Å². The van der Waals surface area contributed by atoms with E-state index in [0.29, 0.717) is 23.9 Å². The number of carbonyl (C=O) groups excluding carboxylic acids is 5. The molecule has 1 unspecified atom stereocenters. The van der Waals surface area contributed by atoms with Crippen molar-refractivity contribution >= 4 is 58.2 Å². The van der Waals surface area contributed by atoms with Crippen LogP contribution >= 0.6 is 23.5 Å². The lowest BCUT2D eigenvalue weighted by Gasteiger charge is -2.28. The van der Waals surface area contributed by atoms with Gasteiger partial charge in [0.2, 0.25) is 17.7 Å². The number of carbonyl (C=O) groups is 6. The summed E-state index contributed by atoms with van der Waals surface area (Å²) < 4.78 is 0. The Bertz CT molecular complexity index is 1070. The van der Waals surface area contributed by atoms with Gasteiger partial charge in [-0.25, -0.2) is 0 Å². The molecule has 4 amide bonds. The fourth-order valence-electron chi connectivity index (χ4n) is 4.13. The van der Waals surface area contributed by atoms with E-state index in [4.69, 9.17) is 0 Å². The van der Waals surface area contributed by atoms with Gasteiger partial charge in [0, 0.05) is 6.42 Å². The molecule has 11 nitrogen and oxygen atoms in total. The maximum atomic E-state index is 13.5. The predicted octanol–water partition coefficient (Wildman–Crippen LogP) is 1.74. The van der Waals surface area contributed by atoms with E-state index < -0.39 is 70.6 Å². The van der Waals surface area contributed by atoms with Crippen molar-refractivity contribution in [3.63, 3.8) is 0 Å². The van der Waals surface area contributed by atoms with Crippen LogP contribution in [0.5, 0.6) is 0 Å². The van der Waals surface area contributed by atoms with Gasteiger partial charge in [-0.1, -0.05) is 62.4 Å². The summed E-state index contributed by atoms with van der Waals surface area (Å²) >= 11 is 2.10. The van der Waals surface area contributed by atoms with E-state index in [1.165, 1.54) is 18.7 Å². The number of aliphatic carboxylic acids is 1. The first-order valence-corrected chi connectivity index (χ1v) is 15.4. The van der Waals surface area contributed by atoms with Gasteiger partial charge in [-0.05, 0) is 36.8 Å². The molecule has 1 aliphatic heterocycles. The van der Waals surface area contributed by atoms with Gasteiger partial charge in [0.1, 0.15) is 18.1 Å². The Hall–Kier alpha value is -3.06. The average Bonchev–Trinajstić information content (AvgIpc) is 2.91. The molecule has 2 rings (SSSR count). The van der Waals surface area contributed by atoms with Gasteiger partial charge in [-0.3, -0.25) is 28.8 Å². The largest absolute Gasteiger partial charge is 0.481 e. The van der Waals surface area contributed by atoms with Crippen LogP contribution in [-0.2, 0) is 30.4 Å². The SMILES string of the molecule is CC[C@H](C)[C@@H]1NC(=O)[C@H](CCSC)NC(=O)SC(C)C(=O)[C@H](CC(=O)O)NC(=O)[C@H](Cc2ccccc2)NC1=O. The molecule has 1 aromatic rings. The van der Waals surface area contributed by atoms with Crippen molar-refractivity contribution < 1.29 is 33.9 Å². The molecule has 40 heavy (non-hydrogen) atoms. The first kappa shape index (κ1) is 33.1. The molecule has 1 saturated heterocycles. The number of Topliss-reactive ketones (excluding diaryl/α,β-unsaturated/α-hetero) is 1. The highest BCUT2D eigenvalue weighted by Gasteiger charge is 2.36. The van der Waals surface area contributed by atoms with Gasteiger partial charge in [0.05, 0.1) is 17.7 Å². The van der Waals surface area contributed by atoms with Crippen LogP contribution in [0.25, 0.3) is 0 Å². The Labute approximate surface area is 242 Å². The van der Waals surface area contributed by atoms with Crippen molar-refractivity contribution in [3.8, 4) is 0 Å². The number of thioether (sulfide) groups is 2. The normalized spacial score (nSPS) is 25.9. The van der Waals surface area contributed by atoms with E-state index >= 15 is 0 Å². The zero-order chi connectivity index (χ0) is 29.8. The molecule has 220 valence electrons. The summed E-state index contributed by atoms with van der Waals surface area (Å²) in [5.41, 5.74) is 0.724. The summed E-state index contributed by atoms with van der Waals surface area (Å²) in [5, 5.41) is 18.3. The lowest BCUT2D eigenvalue weighted by atomic mass is 9.96. The monoisotopic (exact) mass is 594 g/mol. The fraction of sp³-hybridized carbons (Fsp3) is 0.556. The van der Waals surface area contributed by atoms with Crippen molar-refractivity contribution in [3.05, 3.63) is 35.9 Å². The first-order valence-electron chi connectivity index (χ1n) is 13.1.